The molecule has 0 saturated carbocycles. The first-order chi connectivity index (χ1) is 8.90. The zero-order chi connectivity index (χ0) is 14.6. The smallest absolute Gasteiger partial charge is 0.325 e. The molecule has 2 unspecified atom stereocenters. The summed E-state index contributed by atoms with van der Waals surface area (Å²) in [6, 6.07) is 0. The van der Waals surface area contributed by atoms with Crippen LogP contribution >= 0.6 is 0 Å². The van der Waals surface area contributed by atoms with Crippen LogP contribution in [0.2, 0.25) is 0 Å². The third-order valence-corrected chi connectivity index (χ3v) is 3.77. The molecule has 1 fully saturated rings. The quantitative estimate of drug-likeness (QED) is 0.579. The van der Waals surface area contributed by atoms with Crippen LogP contribution in [0.15, 0.2) is 0 Å². The monoisotopic (exact) mass is 272 g/mol. The summed E-state index contributed by atoms with van der Waals surface area (Å²) >= 11 is 0. The van der Waals surface area contributed by atoms with Crippen LogP contribution in [0.3, 0.4) is 0 Å². The van der Waals surface area contributed by atoms with E-state index in [-0.39, 0.29) is 11.8 Å². The Morgan fingerprint density at radius 3 is 2.16 bits per heavy atom. The number of carbonyl (C=O) groups excluding carboxylic acids is 2. The standard InChI is InChI=1S/C14H24O5/c1-9(2)11-14(12(15)17-4,13(16)18-5)8-10(3)6-7-19-11/h9-11H,6-8H2,1-5H3. The lowest BCUT2D eigenvalue weighted by molar-refractivity contribution is -0.184. The van der Waals surface area contributed by atoms with Gasteiger partial charge in [-0.15, -0.1) is 0 Å². The number of ether oxygens (including phenoxy) is 3. The predicted octanol–water partition coefficient (Wildman–Crippen LogP) is 1.79. The summed E-state index contributed by atoms with van der Waals surface area (Å²) in [5, 5.41) is 0. The molecule has 0 aromatic carbocycles. The van der Waals surface area contributed by atoms with Gasteiger partial charge in [0.25, 0.3) is 0 Å². The van der Waals surface area contributed by atoms with E-state index in [4.69, 9.17) is 14.2 Å². The maximum Gasteiger partial charge on any atom is 0.325 e. The van der Waals surface area contributed by atoms with Crippen LogP contribution in [-0.4, -0.2) is 38.9 Å². The second-order valence-corrected chi connectivity index (χ2v) is 5.59. The molecule has 0 amide bonds. The SMILES string of the molecule is COC(=O)C1(C(=O)OC)CC(C)CCOC1C(C)C. The van der Waals surface area contributed by atoms with E-state index in [1.165, 1.54) is 14.2 Å². The van der Waals surface area contributed by atoms with E-state index in [9.17, 15) is 9.59 Å². The van der Waals surface area contributed by atoms with Gasteiger partial charge in [0.2, 0.25) is 0 Å². The fourth-order valence-electron chi connectivity index (χ4n) is 2.91. The fourth-order valence-corrected chi connectivity index (χ4v) is 2.91. The van der Waals surface area contributed by atoms with Gasteiger partial charge in [-0.2, -0.15) is 0 Å². The van der Waals surface area contributed by atoms with Crippen LogP contribution in [0.25, 0.3) is 0 Å². The highest BCUT2D eigenvalue weighted by Crippen LogP contribution is 2.41. The summed E-state index contributed by atoms with van der Waals surface area (Å²) in [4.78, 5) is 24.6. The molecule has 19 heavy (non-hydrogen) atoms. The van der Waals surface area contributed by atoms with Crippen LogP contribution < -0.4 is 0 Å². The highest BCUT2D eigenvalue weighted by Gasteiger charge is 2.57. The summed E-state index contributed by atoms with van der Waals surface area (Å²) in [5.41, 5.74) is -1.35. The van der Waals surface area contributed by atoms with Crippen molar-refractivity contribution >= 4 is 11.9 Å². The first-order valence-electron chi connectivity index (χ1n) is 6.68. The van der Waals surface area contributed by atoms with Gasteiger partial charge in [-0.25, -0.2) is 0 Å². The largest absolute Gasteiger partial charge is 0.468 e. The van der Waals surface area contributed by atoms with Crippen LogP contribution in [0.1, 0.15) is 33.6 Å². The molecule has 0 N–H and O–H groups in total. The van der Waals surface area contributed by atoms with E-state index < -0.39 is 23.5 Å². The third kappa shape index (κ3) is 2.91. The number of methoxy groups -OCH3 is 2. The van der Waals surface area contributed by atoms with Crippen molar-refractivity contribution in [3.63, 3.8) is 0 Å². The van der Waals surface area contributed by atoms with Crippen molar-refractivity contribution in [1.82, 2.24) is 0 Å². The molecule has 0 aromatic rings. The average Bonchev–Trinajstić information content (AvgIpc) is 2.56. The van der Waals surface area contributed by atoms with Crippen LogP contribution in [0, 0.1) is 17.3 Å². The molecule has 1 rings (SSSR count). The summed E-state index contributed by atoms with van der Waals surface area (Å²) in [5.74, 6) is -0.913. The highest BCUT2D eigenvalue weighted by molar-refractivity contribution is 6.01. The number of carbonyl (C=O) groups is 2. The van der Waals surface area contributed by atoms with Gasteiger partial charge in [-0.05, 0) is 24.7 Å². The normalized spacial score (nSPS) is 26.6. The first kappa shape index (κ1) is 16.0. The molecule has 1 saturated heterocycles. The lowest BCUT2D eigenvalue weighted by atomic mass is 9.71. The predicted molar refractivity (Wildman–Crippen MR) is 69.4 cm³/mol. The van der Waals surface area contributed by atoms with Gasteiger partial charge in [0, 0.05) is 6.61 Å². The number of rotatable bonds is 3. The van der Waals surface area contributed by atoms with Crippen LogP contribution in [0.5, 0.6) is 0 Å². The van der Waals surface area contributed by atoms with E-state index in [1.54, 1.807) is 0 Å². The molecular weight excluding hydrogens is 248 g/mol. The van der Waals surface area contributed by atoms with Crippen molar-refractivity contribution in [3.8, 4) is 0 Å². The Morgan fingerprint density at radius 2 is 1.74 bits per heavy atom. The third-order valence-electron chi connectivity index (χ3n) is 3.77. The van der Waals surface area contributed by atoms with Gasteiger partial charge in [-0.1, -0.05) is 20.8 Å². The molecule has 0 aromatic heterocycles. The Balaban J connectivity index is 3.31. The zero-order valence-electron chi connectivity index (χ0n) is 12.4. The lowest BCUT2D eigenvalue weighted by Gasteiger charge is -2.36. The van der Waals surface area contributed by atoms with E-state index in [2.05, 4.69) is 0 Å². The molecule has 0 aliphatic carbocycles. The Labute approximate surface area is 114 Å². The highest BCUT2D eigenvalue weighted by atomic mass is 16.6. The summed E-state index contributed by atoms with van der Waals surface area (Å²) in [6.45, 7) is 6.41. The molecule has 110 valence electrons. The summed E-state index contributed by atoms with van der Waals surface area (Å²) in [7, 11) is 2.58. The maximum absolute atomic E-state index is 12.3. The molecular formula is C14H24O5. The van der Waals surface area contributed by atoms with Crippen molar-refractivity contribution in [2.45, 2.75) is 39.7 Å². The number of esters is 2. The van der Waals surface area contributed by atoms with Crippen LogP contribution in [-0.2, 0) is 23.8 Å². The minimum absolute atomic E-state index is 0.0171. The number of hydrogen-bond donors (Lipinski definition) is 0. The molecule has 1 heterocycles. The van der Waals surface area contributed by atoms with Gasteiger partial charge in [0.15, 0.2) is 5.41 Å². The molecule has 0 spiro atoms. The molecule has 2 atom stereocenters. The maximum atomic E-state index is 12.3. The topological polar surface area (TPSA) is 61.8 Å². The van der Waals surface area contributed by atoms with E-state index in [0.29, 0.717) is 13.0 Å². The van der Waals surface area contributed by atoms with E-state index in [0.717, 1.165) is 6.42 Å². The molecule has 5 nitrogen and oxygen atoms in total. The fraction of sp³-hybridized carbons (Fsp3) is 0.857. The molecule has 0 bridgehead atoms. The summed E-state index contributed by atoms with van der Waals surface area (Å²) < 4.78 is 15.6. The molecule has 5 heteroatoms. The Morgan fingerprint density at radius 1 is 1.21 bits per heavy atom. The number of hydrogen-bond acceptors (Lipinski definition) is 5. The van der Waals surface area contributed by atoms with Gasteiger partial charge in [0.1, 0.15) is 0 Å². The Kier molecular flexibility index (Phi) is 5.35. The van der Waals surface area contributed by atoms with Crippen molar-refractivity contribution in [2.24, 2.45) is 17.3 Å². The van der Waals surface area contributed by atoms with Gasteiger partial charge < -0.3 is 14.2 Å². The Bertz CT molecular complexity index is 321. The molecule has 1 aliphatic rings. The Hall–Kier alpha value is -1.10. The van der Waals surface area contributed by atoms with Gasteiger partial charge in [-0.3, -0.25) is 9.59 Å². The van der Waals surface area contributed by atoms with Gasteiger partial charge >= 0.3 is 11.9 Å². The van der Waals surface area contributed by atoms with Crippen molar-refractivity contribution in [2.75, 3.05) is 20.8 Å². The van der Waals surface area contributed by atoms with Crippen molar-refractivity contribution < 1.29 is 23.8 Å². The lowest BCUT2D eigenvalue weighted by Crippen LogP contribution is -2.53. The van der Waals surface area contributed by atoms with Gasteiger partial charge in [0.05, 0.1) is 20.3 Å². The van der Waals surface area contributed by atoms with E-state index >= 15 is 0 Å². The second-order valence-electron chi connectivity index (χ2n) is 5.59. The minimum Gasteiger partial charge on any atom is -0.468 e. The molecule has 1 aliphatic heterocycles. The average molecular weight is 272 g/mol. The van der Waals surface area contributed by atoms with Crippen molar-refractivity contribution in [1.29, 1.82) is 0 Å². The first-order valence-corrected chi connectivity index (χ1v) is 6.68. The van der Waals surface area contributed by atoms with E-state index in [1.807, 2.05) is 20.8 Å². The molecule has 0 radical (unpaired) electrons. The zero-order valence-corrected chi connectivity index (χ0v) is 12.4. The second kappa shape index (κ2) is 6.37. The summed E-state index contributed by atoms with van der Waals surface area (Å²) in [6.07, 6.45) is 0.700. The minimum atomic E-state index is -1.35. The van der Waals surface area contributed by atoms with Crippen LogP contribution in [0.4, 0.5) is 0 Å². The van der Waals surface area contributed by atoms with Crippen molar-refractivity contribution in [3.05, 3.63) is 0 Å².